The van der Waals surface area contributed by atoms with E-state index < -0.39 is 18.3 Å². The second kappa shape index (κ2) is 12.4. The first-order valence-electron chi connectivity index (χ1n) is 15.9. The van der Waals surface area contributed by atoms with Gasteiger partial charge in [-0.05, 0) is 98.5 Å². The van der Waals surface area contributed by atoms with Crippen LogP contribution in [0.3, 0.4) is 0 Å². The number of fused-ring (bicyclic) bond motifs is 1. The molecule has 220 valence electrons. The molecule has 7 atom stereocenters. The van der Waals surface area contributed by atoms with Crippen molar-refractivity contribution in [3.8, 4) is 0 Å². The molecule has 5 heteroatoms. The van der Waals surface area contributed by atoms with Gasteiger partial charge in [0.05, 0.1) is 29.4 Å². The third-order valence-corrected chi connectivity index (χ3v) is 12.0. The first-order valence-corrected chi connectivity index (χ1v) is 16.8. The molecule has 0 aromatic carbocycles. The average molecular weight is 566 g/mol. The number of aliphatic hydroxyl groups excluding tert-OH is 3. The van der Waals surface area contributed by atoms with Crippen LogP contribution in [0.15, 0.2) is 53.0 Å². The first kappa shape index (κ1) is 29.9. The van der Waals surface area contributed by atoms with Gasteiger partial charge in [0.2, 0.25) is 0 Å². The lowest BCUT2D eigenvalue weighted by Crippen LogP contribution is -2.35. The Hall–Kier alpha value is -1.53. The number of unbranched alkanes of at least 4 members (excludes halogenated alkanes) is 2. The van der Waals surface area contributed by atoms with Crippen LogP contribution in [0.2, 0.25) is 0 Å². The van der Waals surface area contributed by atoms with Gasteiger partial charge in [-0.15, -0.1) is 11.3 Å². The van der Waals surface area contributed by atoms with Gasteiger partial charge in [-0.3, -0.25) is 0 Å². The molecule has 1 aromatic rings. The van der Waals surface area contributed by atoms with E-state index in [1.165, 1.54) is 56.2 Å². The predicted molar refractivity (Wildman–Crippen MR) is 165 cm³/mol. The molecule has 4 nitrogen and oxygen atoms in total. The van der Waals surface area contributed by atoms with Gasteiger partial charge in [-0.2, -0.15) is 0 Å². The standard InChI is InChI=1S/C35H51NO3S/c1-5-6-7-10-27-22-40-33(36-27)35(18-19-35)32(39)16-11-23(2)29-14-15-30-25(9-8-17-34(29,30)4)12-13-26-20-28(37)21-31(38)24(26)3/h11-13,16,22-23,28-32,37-39H,3,5-10,14-15,17-21H2,1-2,4H3/t23-,28+,29+,30-,31-,32+,34+/m0/s1. The Morgan fingerprint density at radius 1 is 1.15 bits per heavy atom. The summed E-state index contributed by atoms with van der Waals surface area (Å²) in [6.07, 6.45) is 21.0. The molecule has 0 spiro atoms. The van der Waals surface area contributed by atoms with Crippen molar-refractivity contribution in [2.75, 3.05) is 0 Å². The van der Waals surface area contributed by atoms with Crippen molar-refractivity contribution in [3.05, 3.63) is 63.7 Å². The van der Waals surface area contributed by atoms with Gasteiger partial charge in [-0.25, -0.2) is 4.98 Å². The molecule has 1 heterocycles. The number of aryl methyl sites for hydroxylation is 1. The molecule has 0 amide bonds. The summed E-state index contributed by atoms with van der Waals surface area (Å²) in [5, 5.41) is 35.1. The molecule has 0 unspecified atom stereocenters. The lowest BCUT2D eigenvalue weighted by atomic mass is 9.61. The van der Waals surface area contributed by atoms with Crippen LogP contribution in [-0.2, 0) is 11.8 Å². The summed E-state index contributed by atoms with van der Waals surface area (Å²) >= 11 is 1.75. The highest BCUT2D eigenvalue weighted by Crippen LogP contribution is 2.60. The number of allylic oxidation sites excluding steroid dienone is 4. The Morgan fingerprint density at radius 2 is 1.95 bits per heavy atom. The van der Waals surface area contributed by atoms with E-state index in [1.54, 1.807) is 11.3 Å². The van der Waals surface area contributed by atoms with Gasteiger partial charge in [-0.1, -0.05) is 70.1 Å². The third kappa shape index (κ3) is 6.00. The van der Waals surface area contributed by atoms with Crippen LogP contribution in [-0.4, -0.2) is 38.6 Å². The second-order valence-corrected chi connectivity index (χ2v) is 14.5. The molecule has 0 saturated heterocycles. The van der Waals surface area contributed by atoms with E-state index in [0.29, 0.717) is 30.6 Å². The van der Waals surface area contributed by atoms with Crippen LogP contribution in [0, 0.1) is 23.2 Å². The smallest absolute Gasteiger partial charge is 0.102 e. The van der Waals surface area contributed by atoms with Crippen LogP contribution in [0.1, 0.15) is 109 Å². The average Bonchev–Trinajstić information content (AvgIpc) is 3.46. The Labute approximate surface area is 246 Å². The minimum Gasteiger partial charge on any atom is -0.393 e. The van der Waals surface area contributed by atoms with Crippen molar-refractivity contribution < 1.29 is 15.3 Å². The summed E-state index contributed by atoms with van der Waals surface area (Å²) in [5.74, 6) is 1.60. The molecule has 4 aliphatic rings. The van der Waals surface area contributed by atoms with E-state index in [4.69, 9.17) is 4.98 Å². The normalized spacial score (nSPS) is 35.4. The number of hydrogen-bond donors (Lipinski definition) is 3. The Balaban J connectivity index is 1.24. The minimum atomic E-state index is -0.637. The van der Waals surface area contributed by atoms with Crippen molar-refractivity contribution >= 4 is 11.3 Å². The van der Waals surface area contributed by atoms with Crippen LogP contribution in [0.25, 0.3) is 0 Å². The van der Waals surface area contributed by atoms with E-state index in [1.807, 2.05) is 0 Å². The number of aliphatic hydroxyl groups is 3. The van der Waals surface area contributed by atoms with Crippen LogP contribution in [0.5, 0.6) is 0 Å². The fourth-order valence-electron chi connectivity index (χ4n) is 8.18. The molecular weight excluding hydrogens is 514 g/mol. The van der Waals surface area contributed by atoms with Gasteiger partial charge < -0.3 is 15.3 Å². The molecule has 1 aromatic heterocycles. The van der Waals surface area contributed by atoms with Crippen molar-refractivity contribution in [1.29, 1.82) is 0 Å². The molecule has 0 bridgehead atoms. The highest BCUT2D eigenvalue weighted by Gasteiger charge is 2.53. The van der Waals surface area contributed by atoms with Crippen LogP contribution < -0.4 is 0 Å². The van der Waals surface area contributed by atoms with Crippen LogP contribution in [0.4, 0.5) is 0 Å². The highest BCUT2D eigenvalue weighted by molar-refractivity contribution is 7.09. The maximum absolute atomic E-state index is 11.3. The van der Waals surface area contributed by atoms with Crippen LogP contribution >= 0.6 is 11.3 Å². The van der Waals surface area contributed by atoms with E-state index in [9.17, 15) is 15.3 Å². The number of thiazole rings is 1. The molecule has 0 aliphatic heterocycles. The molecular formula is C35H51NO3S. The van der Waals surface area contributed by atoms with E-state index >= 15 is 0 Å². The summed E-state index contributed by atoms with van der Waals surface area (Å²) in [7, 11) is 0. The number of rotatable bonds is 10. The Bertz CT molecular complexity index is 1140. The van der Waals surface area contributed by atoms with Gasteiger partial charge >= 0.3 is 0 Å². The van der Waals surface area contributed by atoms with Gasteiger partial charge in [0, 0.05) is 11.8 Å². The molecule has 40 heavy (non-hydrogen) atoms. The molecule has 4 saturated carbocycles. The lowest BCUT2D eigenvalue weighted by molar-refractivity contribution is 0.0862. The molecule has 5 rings (SSSR count). The zero-order chi connectivity index (χ0) is 28.5. The van der Waals surface area contributed by atoms with Gasteiger partial charge in [0.15, 0.2) is 0 Å². The van der Waals surface area contributed by atoms with Crippen molar-refractivity contribution in [3.63, 3.8) is 0 Å². The maximum atomic E-state index is 11.3. The van der Waals surface area contributed by atoms with E-state index in [0.717, 1.165) is 41.8 Å². The number of aromatic nitrogens is 1. The maximum Gasteiger partial charge on any atom is 0.102 e. The third-order valence-electron chi connectivity index (χ3n) is 10.9. The molecule has 4 aliphatic carbocycles. The topological polar surface area (TPSA) is 73.6 Å². The summed E-state index contributed by atoms with van der Waals surface area (Å²) in [6, 6.07) is 0. The van der Waals surface area contributed by atoms with Crippen molar-refractivity contribution in [2.45, 2.75) is 128 Å². The van der Waals surface area contributed by atoms with Gasteiger partial charge in [0.1, 0.15) is 5.01 Å². The monoisotopic (exact) mass is 565 g/mol. The van der Waals surface area contributed by atoms with Crippen molar-refractivity contribution in [2.24, 2.45) is 23.2 Å². The minimum absolute atomic E-state index is 0.162. The fourth-order valence-corrected chi connectivity index (χ4v) is 9.33. The molecule has 4 fully saturated rings. The summed E-state index contributed by atoms with van der Waals surface area (Å²) in [6.45, 7) is 11.2. The SMILES string of the molecule is C=C1C(=CC=C2CCC[C@]3(C)[C@@H]([C@@H](C)C=C[C@@H](O)C4(c5nc(CCCCC)cs5)CC4)CC[C@@H]23)C[C@@H](O)C[C@@H]1O. The zero-order valence-corrected chi connectivity index (χ0v) is 25.8. The fraction of sp³-hybridized carbons (Fsp3) is 0.686. The molecule has 0 radical (unpaired) electrons. The van der Waals surface area contributed by atoms with Crippen molar-refractivity contribution in [1.82, 2.24) is 4.98 Å². The second-order valence-electron chi connectivity index (χ2n) is 13.6. The van der Waals surface area contributed by atoms with E-state index in [-0.39, 0.29) is 10.8 Å². The summed E-state index contributed by atoms with van der Waals surface area (Å²) in [4.78, 5) is 4.96. The highest BCUT2D eigenvalue weighted by atomic mass is 32.1. The quantitative estimate of drug-likeness (QED) is 0.202. The van der Waals surface area contributed by atoms with E-state index in [2.05, 4.69) is 57.0 Å². The first-order chi connectivity index (χ1) is 19.2. The number of hydrogen-bond acceptors (Lipinski definition) is 5. The zero-order valence-electron chi connectivity index (χ0n) is 24.9. The Morgan fingerprint density at radius 3 is 2.70 bits per heavy atom. The molecule has 3 N–H and O–H groups in total. The lowest BCUT2D eigenvalue weighted by Gasteiger charge is -2.44. The largest absolute Gasteiger partial charge is 0.393 e. The summed E-state index contributed by atoms with van der Waals surface area (Å²) in [5.41, 5.74) is 4.59. The summed E-state index contributed by atoms with van der Waals surface area (Å²) < 4.78 is 0. The predicted octanol–water partition coefficient (Wildman–Crippen LogP) is 7.60. The number of nitrogens with zero attached hydrogens (tertiary/aromatic N) is 1. The Kier molecular flexibility index (Phi) is 9.26. The van der Waals surface area contributed by atoms with Gasteiger partial charge in [0.25, 0.3) is 0 Å².